The van der Waals surface area contributed by atoms with Crippen molar-refractivity contribution in [2.75, 3.05) is 0 Å². The fourth-order valence-corrected chi connectivity index (χ4v) is 3.26. The minimum atomic E-state index is -0.817. The molecule has 2 unspecified atom stereocenters. The van der Waals surface area contributed by atoms with Crippen LogP contribution in [0.15, 0.2) is 22.7 Å². The van der Waals surface area contributed by atoms with Gasteiger partial charge in [0.05, 0.1) is 11.8 Å². The number of carboxylic acid groups (broad SMARTS) is 1. The molecule has 1 aromatic carbocycles. The molecule has 1 fully saturated rings. The van der Waals surface area contributed by atoms with Crippen LogP contribution in [0, 0.1) is 5.92 Å². The molecule has 5 nitrogen and oxygen atoms in total. The summed E-state index contributed by atoms with van der Waals surface area (Å²) < 4.78 is 5.25. The normalized spacial score (nSPS) is 21.6. The first kappa shape index (κ1) is 14.4. The van der Waals surface area contributed by atoms with Crippen LogP contribution >= 0.6 is 23.2 Å². The molecule has 1 heterocycles. The number of aliphatic carboxylic acids is 1. The van der Waals surface area contributed by atoms with Crippen molar-refractivity contribution in [2.45, 2.75) is 25.2 Å². The summed E-state index contributed by atoms with van der Waals surface area (Å²) in [5.41, 5.74) is 0.646. The zero-order valence-corrected chi connectivity index (χ0v) is 12.4. The summed E-state index contributed by atoms with van der Waals surface area (Å²) in [6.07, 6.45) is 2.23. The van der Waals surface area contributed by atoms with Gasteiger partial charge < -0.3 is 9.63 Å². The zero-order chi connectivity index (χ0) is 15.0. The molecular weight excluding hydrogens is 315 g/mol. The summed E-state index contributed by atoms with van der Waals surface area (Å²) in [5.74, 6) is -0.765. The Balaban J connectivity index is 1.91. The lowest BCUT2D eigenvalue weighted by Gasteiger charge is -2.10. The average Bonchev–Trinajstić information content (AvgIpc) is 3.06. The predicted octanol–water partition coefficient (Wildman–Crippen LogP) is 4.01. The van der Waals surface area contributed by atoms with Crippen LogP contribution in [0.3, 0.4) is 0 Å². The van der Waals surface area contributed by atoms with Gasteiger partial charge in [0, 0.05) is 15.6 Å². The fraction of sp³-hybridized carbons (Fsp3) is 0.357. The van der Waals surface area contributed by atoms with E-state index in [1.807, 2.05) is 0 Å². The first-order valence-electron chi connectivity index (χ1n) is 6.57. The summed E-state index contributed by atoms with van der Waals surface area (Å²) in [7, 11) is 0. The van der Waals surface area contributed by atoms with Crippen molar-refractivity contribution in [1.82, 2.24) is 10.1 Å². The van der Waals surface area contributed by atoms with E-state index in [0.29, 0.717) is 33.7 Å². The molecule has 1 aromatic heterocycles. The average molecular weight is 327 g/mol. The van der Waals surface area contributed by atoms with Crippen LogP contribution in [-0.2, 0) is 4.79 Å². The van der Waals surface area contributed by atoms with E-state index in [1.165, 1.54) is 0 Å². The second-order valence-electron chi connectivity index (χ2n) is 5.10. The Hall–Kier alpha value is -1.59. The van der Waals surface area contributed by atoms with Crippen LogP contribution in [0.1, 0.15) is 31.1 Å². The Labute approximate surface area is 130 Å². The number of benzene rings is 1. The summed E-state index contributed by atoms with van der Waals surface area (Å²) in [5, 5.41) is 14.1. The summed E-state index contributed by atoms with van der Waals surface area (Å²) in [6.45, 7) is 0. The lowest BCUT2D eigenvalue weighted by molar-refractivity contribution is -0.142. The van der Waals surface area contributed by atoms with Crippen molar-refractivity contribution in [2.24, 2.45) is 5.92 Å². The van der Waals surface area contributed by atoms with E-state index in [0.717, 1.165) is 12.8 Å². The third kappa shape index (κ3) is 2.89. The van der Waals surface area contributed by atoms with Crippen molar-refractivity contribution in [1.29, 1.82) is 0 Å². The van der Waals surface area contributed by atoms with Gasteiger partial charge in [0.15, 0.2) is 0 Å². The molecule has 110 valence electrons. The third-order valence-corrected chi connectivity index (χ3v) is 4.15. The van der Waals surface area contributed by atoms with Gasteiger partial charge in [-0.15, -0.1) is 0 Å². The highest BCUT2D eigenvalue weighted by Gasteiger charge is 2.37. The molecular formula is C14H12Cl2N2O3. The number of halogens is 2. The van der Waals surface area contributed by atoms with Gasteiger partial charge in [-0.05, 0) is 31.0 Å². The molecule has 0 amide bonds. The number of rotatable bonds is 3. The standard InChI is InChI=1S/C14H12Cl2N2O3/c15-8-4-7(5-9(16)6-8)12-17-13(21-18-12)10-2-1-3-11(10)14(19)20/h4-6,10-11H,1-3H2,(H,19,20). The molecule has 0 bridgehead atoms. The van der Waals surface area contributed by atoms with Crippen molar-refractivity contribution in [3.63, 3.8) is 0 Å². The quantitative estimate of drug-likeness (QED) is 0.922. The van der Waals surface area contributed by atoms with Gasteiger partial charge in [-0.3, -0.25) is 4.79 Å². The molecule has 1 aliphatic rings. The monoisotopic (exact) mass is 326 g/mol. The molecule has 21 heavy (non-hydrogen) atoms. The van der Waals surface area contributed by atoms with Crippen molar-refractivity contribution < 1.29 is 14.4 Å². The molecule has 2 aromatic rings. The fourth-order valence-electron chi connectivity index (χ4n) is 2.74. The number of hydrogen-bond donors (Lipinski definition) is 1. The topological polar surface area (TPSA) is 76.2 Å². The maximum atomic E-state index is 11.2. The highest BCUT2D eigenvalue weighted by molar-refractivity contribution is 6.35. The smallest absolute Gasteiger partial charge is 0.307 e. The SMILES string of the molecule is O=C(O)C1CCCC1c1nc(-c2cc(Cl)cc(Cl)c2)no1. The first-order chi connectivity index (χ1) is 10.0. The van der Waals surface area contributed by atoms with Crippen LogP contribution in [-0.4, -0.2) is 21.2 Å². The Morgan fingerprint density at radius 2 is 1.95 bits per heavy atom. The molecule has 0 spiro atoms. The van der Waals surface area contributed by atoms with Crippen LogP contribution < -0.4 is 0 Å². The van der Waals surface area contributed by atoms with Crippen molar-refractivity contribution in [3.8, 4) is 11.4 Å². The van der Waals surface area contributed by atoms with Crippen LogP contribution in [0.5, 0.6) is 0 Å². The van der Waals surface area contributed by atoms with E-state index in [9.17, 15) is 9.90 Å². The molecule has 7 heteroatoms. The lowest BCUT2D eigenvalue weighted by Crippen LogP contribution is -2.17. The van der Waals surface area contributed by atoms with E-state index < -0.39 is 11.9 Å². The van der Waals surface area contributed by atoms with Gasteiger partial charge >= 0.3 is 5.97 Å². The Morgan fingerprint density at radius 3 is 2.62 bits per heavy atom. The van der Waals surface area contributed by atoms with Crippen LogP contribution in [0.4, 0.5) is 0 Å². The van der Waals surface area contributed by atoms with Gasteiger partial charge in [0.2, 0.25) is 11.7 Å². The zero-order valence-electron chi connectivity index (χ0n) is 10.9. The molecule has 1 N–H and O–H groups in total. The first-order valence-corrected chi connectivity index (χ1v) is 7.33. The number of carboxylic acids is 1. The number of nitrogens with zero attached hydrogens (tertiary/aromatic N) is 2. The predicted molar refractivity (Wildman–Crippen MR) is 77.5 cm³/mol. The second-order valence-corrected chi connectivity index (χ2v) is 5.97. The minimum absolute atomic E-state index is 0.224. The van der Waals surface area contributed by atoms with Crippen molar-refractivity contribution in [3.05, 3.63) is 34.1 Å². The number of hydrogen-bond acceptors (Lipinski definition) is 4. The highest BCUT2D eigenvalue weighted by Crippen LogP contribution is 2.39. The molecule has 3 rings (SSSR count). The second kappa shape index (κ2) is 5.66. The van der Waals surface area contributed by atoms with E-state index >= 15 is 0 Å². The molecule has 0 radical (unpaired) electrons. The molecule has 1 saturated carbocycles. The van der Waals surface area contributed by atoms with Crippen LogP contribution in [0.25, 0.3) is 11.4 Å². The summed E-state index contributed by atoms with van der Waals surface area (Å²) >= 11 is 11.9. The molecule has 1 aliphatic carbocycles. The highest BCUT2D eigenvalue weighted by atomic mass is 35.5. The van der Waals surface area contributed by atoms with E-state index in [4.69, 9.17) is 27.7 Å². The van der Waals surface area contributed by atoms with E-state index in [2.05, 4.69) is 10.1 Å². The van der Waals surface area contributed by atoms with Crippen LogP contribution in [0.2, 0.25) is 10.0 Å². The largest absolute Gasteiger partial charge is 0.481 e. The van der Waals surface area contributed by atoms with Gasteiger partial charge in [-0.2, -0.15) is 4.98 Å². The summed E-state index contributed by atoms with van der Waals surface area (Å²) in [6, 6.07) is 4.99. The Bertz CT molecular complexity index is 666. The number of aromatic nitrogens is 2. The third-order valence-electron chi connectivity index (χ3n) is 3.71. The molecule has 2 atom stereocenters. The maximum Gasteiger partial charge on any atom is 0.307 e. The van der Waals surface area contributed by atoms with Gasteiger partial charge in [0.25, 0.3) is 0 Å². The minimum Gasteiger partial charge on any atom is -0.481 e. The Morgan fingerprint density at radius 1 is 1.24 bits per heavy atom. The molecule has 0 saturated heterocycles. The lowest BCUT2D eigenvalue weighted by atomic mass is 9.96. The van der Waals surface area contributed by atoms with E-state index in [-0.39, 0.29) is 5.92 Å². The summed E-state index contributed by atoms with van der Waals surface area (Å²) in [4.78, 5) is 15.5. The maximum absolute atomic E-state index is 11.2. The van der Waals surface area contributed by atoms with Gasteiger partial charge in [-0.25, -0.2) is 0 Å². The van der Waals surface area contributed by atoms with Crippen molar-refractivity contribution >= 4 is 29.2 Å². The van der Waals surface area contributed by atoms with E-state index in [1.54, 1.807) is 18.2 Å². The number of carbonyl (C=O) groups is 1. The van der Waals surface area contributed by atoms with Gasteiger partial charge in [0.1, 0.15) is 0 Å². The molecule has 0 aliphatic heterocycles. The Kier molecular flexibility index (Phi) is 3.87. The van der Waals surface area contributed by atoms with Gasteiger partial charge in [-0.1, -0.05) is 34.8 Å².